The van der Waals surface area contributed by atoms with E-state index in [2.05, 4.69) is 74.8 Å². The largest absolute Gasteiger partial charge is 0.0839 e. The third kappa shape index (κ3) is 5.72. The van der Waals surface area contributed by atoms with Gasteiger partial charge >= 0.3 is 0 Å². The molecule has 17 heavy (non-hydrogen) atoms. The zero-order valence-corrected chi connectivity index (χ0v) is 13.3. The maximum Gasteiger partial charge on any atom is 0.0397 e. The quantitative estimate of drug-likeness (QED) is 0.607. The highest BCUT2D eigenvalue weighted by Gasteiger charge is 2.18. The van der Waals surface area contributed by atoms with E-state index in [1.807, 2.05) is 0 Å². The maximum atomic E-state index is 3.82. The fraction of sp³-hybridized carbons (Fsp3) is 0.625. The van der Waals surface area contributed by atoms with Crippen LogP contribution in [0.5, 0.6) is 0 Å². The Balaban J connectivity index is 2.54. The zero-order valence-electron chi connectivity index (χ0n) is 11.8. The second-order valence-corrected chi connectivity index (χ2v) is 7.59. The summed E-state index contributed by atoms with van der Waals surface area (Å²) in [6.45, 7) is 11.4. The first-order valence-electron chi connectivity index (χ1n) is 6.48. The van der Waals surface area contributed by atoms with Gasteiger partial charge in [-0.3, -0.25) is 0 Å². The van der Waals surface area contributed by atoms with Crippen LogP contribution < -0.4 is 0 Å². The van der Waals surface area contributed by atoms with E-state index in [-0.39, 0.29) is 0 Å². The van der Waals surface area contributed by atoms with E-state index in [9.17, 15) is 0 Å². The first-order valence-corrected chi connectivity index (χ1v) is 7.40. The molecule has 0 nitrogen and oxygen atoms in total. The lowest BCUT2D eigenvalue weighted by molar-refractivity contribution is 0.296. The fourth-order valence-corrected chi connectivity index (χ4v) is 3.34. The molecule has 0 spiro atoms. The number of hydrogen-bond acceptors (Lipinski definition) is 0. The van der Waals surface area contributed by atoms with Crippen LogP contribution in [0.4, 0.5) is 0 Å². The molecular formula is C16H25Br. The molecule has 1 heteroatoms. The van der Waals surface area contributed by atoms with Gasteiger partial charge in [-0.25, -0.2) is 0 Å². The molecule has 0 saturated heterocycles. The molecule has 0 aliphatic carbocycles. The lowest BCUT2D eigenvalue weighted by Gasteiger charge is -2.25. The topological polar surface area (TPSA) is 0 Å². The average Bonchev–Trinajstić information content (AvgIpc) is 2.15. The maximum absolute atomic E-state index is 3.82. The van der Waals surface area contributed by atoms with Crippen LogP contribution in [0.25, 0.3) is 0 Å². The molecule has 0 amide bonds. The van der Waals surface area contributed by atoms with Gasteiger partial charge in [-0.15, -0.1) is 0 Å². The normalized spacial score (nSPS) is 15.6. The molecule has 0 aliphatic heterocycles. The van der Waals surface area contributed by atoms with E-state index < -0.39 is 0 Å². The molecule has 2 atom stereocenters. The van der Waals surface area contributed by atoms with Crippen LogP contribution in [0.1, 0.15) is 56.5 Å². The fourth-order valence-electron chi connectivity index (χ4n) is 2.39. The molecule has 0 aromatic heterocycles. The Labute approximate surface area is 115 Å². The molecule has 96 valence electrons. The molecular weight excluding hydrogens is 272 g/mol. The van der Waals surface area contributed by atoms with Crippen molar-refractivity contribution in [2.75, 3.05) is 0 Å². The molecule has 1 aromatic rings. The number of alkyl halides is 1. The average molecular weight is 297 g/mol. The third-order valence-corrected chi connectivity index (χ3v) is 3.91. The minimum Gasteiger partial charge on any atom is -0.0839 e. The summed E-state index contributed by atoms with van der Waals surface area (Å²) in [7, 11) is 0. The summed E-state index contributed by atoms with van der Waals surface area (Å²) < 4.78 is 0. The van der Waals surface area contributed by atoms with Gasteiger partial charge in [0.1, 0.15) is 0 Å². The van der Waals surface area contributed by atoms with Gasteiger partial charge in [-0.05, 0) is 36.7 Å². The van der Waals surface area contributed by atoms with Crippen molar-refractivity contribution < 1.29 is 0 Å². The number of aryl methyl sites for hydroxylation is 1. The lowest BCUT2D eigenvalue weighted by Crippen LogP contribution is -2.12. The monoisotopic (exact) mass is 296 g/mol. The Morgan fingerprint density at radius 1 is 1.12 bits per heavy atom. The summed E-state index contributed by atoms with van der Waals surface area (Å²) in [5.41, 5.74) is 3.16. The molecule has 0 radical (unpaired) electrons. The second kappa shape index (κ2) is 6.04. The Morgan fingerprint density at radius 2 is 1.65 bits per heavy atom. The standard InChI is InChI=1S/C16H25Br/c1-12-6-8-14(9-7-12)15(17)10-13(2)11-16(3,4)5/h6-9,13,15H,10-11H2,1-5H3. The minimum absolute atomic E-state index is 0.430. The SMILES string of the molecule is Cc1ccc(C(Br)CC(C)CC(C)(C)C)cc1. The molecule has 0 saturated carbocycles. The molecule has 0 heterocycles. The molecule has 2 unspecified atom stereocenters. The third-order valence-electron chi connectivity index (χ3n) is 3.01. The Morgan fingerprint density at radius 3 is 2.12 bits per heavy atom. The van der Waals surface area contributed by atoms with Crippen LogP contribution in [0.2, 0.25) is 0 Å². The van der Waals surface area contributed by atoms with Gasteiger partial charge in [0.2, 0.25) is 0 Å². The number of halogens is 1. The number of hydrogen-bond donors (Lipinski definition) is 0. The van der Waals surface area contributed by atoms with Gasteiger partial charge in [0.15, 0.2) is 0 Å². The summed E-state index contributed by atoms with van der Waals surface area (Å²) in [5, 5.41) is 0. The van der Waals surface area contributed by atoms with E-state index in [0.717, 1.165) is 5.92 Å². The van der Waals surface area contributed by atoms with Crippen LogP contribution >= 0.6 is 15.9 Å². The minimum atomic E-state index is 0.430. The van der Waals surface area contributed by atoms with Crippen LogP contribution in [-0.4, -0.2) is 0 Å². The van der Waals surface area contributed by atoms with Gasteiger partial charge < -0.3 is 0 Å². The highest BCUT2D eigenvalue weighted by molar-refractivity contribution is 9.09. The van der Waals surface area contributed by atoms with Crippen LogP contribution in [-0.2, 0) is 0 Å². The predicted molar refractivity (Wildman–Crippen MR) is 80.7 cm³/mol. The van der Waals surface area contributed by atoms with Gasteiger partial charge in [0.25, 0.3) is 0 Å². The smallest absolute Gasteiger partial charge is 0.0397 e. The molecule has 0 N–H and O–H groups in total. The Kier molecular flexibility index (Phi) is 5.24. The van der Waals surface area contributed by atoms with Crippen molar-refractivity contribution in [2.45, 2.75) is 52.3 Å². The van der Waals surface area contributed by atoms with Crippen molar-refractivity contribution in [1.29, 1.82) is 0 Å². The predicted octanol–water partition coefficient (Wildman–Crippen LogP) is 5.89. The van der Waals surface area contributed by atoms with E-state index >= 15 is 0 Å². The highest BCUT2D eigenvalue weighted by Crippen LogP contribution is 2.34. The molecule has 0 fully saturated rings. The van der Waals surface area contributed by atoms with Crippen molar-refractivity contribution in [3.63, 3.8) is 0 Å². The van der Waals surface area contributed by atoms with E-state index in [1.54, 1.807) is 0 Å². The van der Waals surface area contributed by atoms with Gasteiger partial charge in [-0.1, -0.05) is 73.5 Å². The molecule has 1 aromatic carbocycles. The van der Waals surface area contributed by atoms with Crippen molar-refractivity contribution in [1.82, 2.24) is 0 Å². The van der Waals surface area contributed by atoms with Crippen molar-refractivity contribution in [3.8, 4) is 0 Å². The summed E-state index contributed by atoms with van der Waals surface area (Å²) in [5.74, 6) is 0.751. The lowest BCUT2D eigenvalue weighted by atomic mass is 9.83. The molecule has 0 aliphatic rings. The van der Waals surface area contributed by atoms with Crippen LogP contribution in [0.15, 0.2) is 24.3 Å². The van der Waals surface area contributed by atoms with Crippen molar-refractivity contribution in [3.05, 3.63) is 35.4 Å². The molecule has 0 bridgehead atoms. The summed E-state index contributed by atoms with van der Waals surface area (Å²) in [6.07, 6.45) is 2.49. The summed E-state index contributed by atoms with van der Waals surface area (Å²) in [4.78, 5) is 0.487. The Bertz CT molecular complexity index is 332. The van der Waals surface area contributed by atoms with Crippen molar-refractivity contribution >= 4 is 15.9 Å². The van der Waals surface area contributed by atoms with Crippen LogP contribution in [0, 0.1) is 18.3 Å². The first-order chi connectivity index (χ1) is 7.78. The summed E-state index contributed by atoms with van der Waals surface area (Å²) in [6, 6.07) is 8.85. The summed E-state index contributed by atoms with van der Waals surface area (Å²) >= 11 is 3.82. The number of rotatable bonds is 4. The van der Waals surface area contributed by atoms with Crippen molar-refractivity contribution in [2.24, 2.45) is 11.3 Å². The van der Waals surface area contributed by atoms with E-state index in [4.69, 9.17) is 0 Å². The van der Waals surface area contributed by atoms with E-state index in [0.29, 0.717) is 10.2 Å². The zero-order chi connectivity index (χ0) is 13.1. The van der Waals surface area contributed by atoms with Gasteiger partial charge in [0, 0.05) is 4.83 Å². The highest BCUT2D eigenvalue weighted by atomic mass is 79.9. The number of benzene rings is 1. The molecule has 1 rings (SSSR count). The van der Waals surface area contributed by atoms with Gasteiger partial charge in [0.05, 0.1) is 0 Å². The first kappa shape index (κ1) is 14.8. The van der Waals surface area contributed by atoms with Gasteiger partial charge in [-0.2, -0.15) is 0 Å². The second-order valence-electron chi connectivity index (χ2n) is 6.48. The van der Waals surface area contributed by atoms with Crippen LogP contribution in [0.3, 0.4) is 0 Å². The Hall–Kier alpha value is -0.300. The van der Waals surface area contributed by atoms with E-state index in [1.165, 1.54) is 24.0 Å².